The number of hydrogen-bond donors (Lipinski definition) is 1. The summed E-state index contributed by atoms with van der Waals surface area (Å²) >= 11 is 0. The average Bonchev–Trinajstić information content (AvgIpc) is 2.60. The predicted molar refractivity (Wildman–Crippen MR) is 86.8 cm³/mol. The van der Waals surface area contributed by atoms with Crippen LogP contribution in [0.25, 0.3) is 0 Å². The van der Waals surface area contributed by atoms with E-state index < -0.39 is 0 Å². The van der Waals surface area contributed by atoms with Crippen molar-refractivity contribution >= 4 is 17.3 Å². The fourth-order valence-electron chi connectivity index (χ4n) is 2.41. The number of pyridine rings is 1. The van der Waals surface area contributed by atoms with Crippen molar-refractivity contribution in [3.8, 4) is 6.07 Å². The number of anilines is 3. The molecule has 2 aromatic rings. The summed E-state index contributed by atoms with van der Waals surface area (Å²) in [6.45, 7) is 6.86. The minimum atomic E-state index is 0.455. The van der Waals surface area contributed by atoms with Gasteiger partial charge in [0.1, 0.15) is 17.5 Å². The zero-order chi connectivity index (χ0) is 16.2. The predicted octanol–water partition coefficient (Wildman–Crippen LogP) is 1.94. The number of rotatable bonds is 3. The number of nitrogens with zero attached hydrogens (tertiary/aromatic N) is 5. The topological polar surface area (TPSA) is 87.0 Å². The van der Waals surface area contributed by atoms with E-state index in [-0.39, 0.29) is 0 Å². The van der Waals surface area contributed by atoms with Crippen LogP contribution in [0.1, 0.15) is 16.8 Å². The van der Waals surface area contributed by atoms with Gasteiger partial charge in [-0.15, -0.1) is 5.10 Å². The third-order valence-corrected chi connectivity index (χ3v) is 3.91. The summed E-state index contributed by atoms with van der Waals surface area (Å²) in [6, 6.07) is 6.06. The first-order valence-corrected chi connectivity index (χ1v) is 7.49. The van der Waals surface area contributed by atoms with E-state index in [1.165, 1.54) is 0 Å². The third kappa shape index (κ3) is 3.22. The van der Waals surface area contributed by atoms with E-state index in [4.69, 9.17) is 4.74 Å². The van der Waals surface area contributed by atoms with Gasteiger partial charge in [0.25, 0.3) is 0 Å². The number of nitrogens with one attached hydrogen (secondary N) is 1. The molecule has 23 heavy (non-hydrogen) atoms. The second-order valence-corrected chi connectivity index (χ2v) is 5.38. The zero-order valence-corrected chi connectivity index (χ0v) is 13.2. The lowest BCUT2D eigenvalue weighted by molar-refractivity contribution is 0.122. The van der Waals surface area contributed by atoms with Crippen molar-refractivity contribution < 1.29 is 4.74 Å². The molecule has 3 heterocycles. The summed E-state index contributed by atoms with van der Waals surface area (Å²) in [5.41, 5.74) is 2.88. The Kier molecular flexibility index (Phi) is 4.35. The molecule has 0 saturated carbocycles. The Labute approximate surface area is 134 Å². The molecule has 0 unspecified atom stereocenters. The van der Waals surface area contributed by atoms with Crippen molar-refractivity contribution in [2.45, 2.75) is 13.8 Å². The molecule has 1 aliphatic rings. The van der Waals surface area contributed by atoms with Crippen molar-refractivity contribution in [2.75, 3.05) is 36.5 Å². The van der Waals surface area contributed by atoms with Crippen molar-refractivity contribution in [3.05, 3.63) is 35.2 Å². The summed E-state index contributed by atoms with van der Waals surface area (Å²) in [5, 5.41) is 20.6. The molecule has 0 aliphatic carbocycles. The third-order valence-electron chi connectivity index (χ3n) is 3.91. The van der Waals surface area contributed by atoms with Gasteiger partial charge in [-0.05, 0) is 31.5 Å². The zero-order valence-electron chi connectivity index (χ0n) is 13.2. The van der Waals surface area contributed by atoms with Crippen LogP contribution in [0.5, 0.6) is 0 Å². The molecule has 0 spiro atoms. The summed E-state index contributed by atoms with van der Waals surface area (Å²) in [6.07, 6.45) is 1.74. The molecular weight excluding hydrogens is 292 g/mol. The van der Waals surface area contributed by atoms with Crippen molar-refractivity contribution in [2.24, 2.45) is 0 Å². The van der Waals surface area contributed by atoms with E-state index in [1.807, 2.05) is 26.0 Å². The molecule has 0 amide bonds. The fourth-order valence-corrected chi connectivity index (χ4v) is 2.41. The molecular formula is C16H18N6O. The quantitative estimate of drug-likeness (QED) is 0.927. The van der Waals surface area contributed by atoms with Gasteiger partial charge in [-0.1, -0.05) is 0 Å². The average molecular weight is 310 g/mol. The van der Waals surface area contributed by atoms with E-state index in [9.17, 15) is 5.26 Å². The highest BCUT2D eigenvalue weighted by atomic mass is 16.5. The molecule has 1 N–H and O–H groups in total. The van der Waals surface area contributed by atoms with Gasteiger partial charge in [0.05, 0.1) is 30.8 Å². The standard InChI is InChI=1S/C16H18N6O/c1-11-12(2)20-21-16(14(11)9-17)19-13-3-4-15(18-10-13)22-5-7-23-8-6-22/h3-4,10H,5-8H2,1-2H3,(H,19,21). The maximum atomic E-state index is 9.32. The molecule has 1 aliphatic heterocycles. The van der Waals surface area contributed by atoms with Crippen LogP contribution in [0, 0.1) is 25.2 Å². The molecule has 1 saturated heterocycles. The Morgan fingerprint density at radius 3 is 2.65 bits per heavy atom. The second kappa shape index (κ2) is 6.58. The molecule has 0 radical (unpaired) electrons. The molecule has 0 bridgehead atoms. The summed E-state index contributed by atoms with van der Waals surface area (Å²) < 4.78 is 5.34. The van der Waals surface area contributed by atoms with E-state index in [0.29, 0.717) is 11.4 Å². The molecule has 2 aromatic heterocycles. The highest BCUT2D eigenvalue weighted by Gasteiger charge is 2.13. The lowest BCUT2D eigenvalue weighted by Gasteiger charge is -2.27. The Balaban J connectivity index is 1.79. The Hall–Kier alpha value is -2.72. The number of aryl methyl sites for hydroxylation is 1. The Morgan fingerprint density at radius 2 is 2.00 bits per heavy atom. The van der Waals surface area contributed by atoms with Gasteiger partial charge in [-0.2, -0.15) is 10.4 Å². The van der Waals surface area contributed by atoms with Crippen LogP contribution in [0.2, 0.25) is 0 Å². The maximum absolute atomic E-state index is 9.32. The Morgan fingerprint density at radius 1 is 1.22 bits per heavy atom. The number of aromatic nitrogens is 3. The first kappa shape index (κ1) is 15.2. The van der Waals surface area contributed by atoms with Crippen LogP contribution in [0.4, 0.5) is 17.3 Å². The van der Waals surface area contributed by atoms with Gasteiger partial charge in [0.2, 0.25) is 0 Å². The summed E-state index contributed by atoms with van der Waals surface area (Å²) in [4.78, 5) is 6.66. The molecule has 7 heteroatoms. The number of morpholine rings is 1. The number of ether oxygens (including phenoxy) is 1. The Bertz CT molecular complexity index is 731. The summed E-state index contributed by atoms with van der Waals surface area (Å²) in [5.74, 6) is 1.38. The molecule has 1 fully saturated rings. The van der Waals surface area contributed by atoms with Gasteiger partial charge in [0.15, 0.2) is 5.82 Å². The van der Waals surface area contributed by atoms with Gasteiger partial charge in [-0.3, -0.25) is 0 Å². The van der Waals surface area contributed by atoms with Crippen molar-refractivity contribution in [1.82, 2.24) is 15.2 Å². The van der Waals surface area contributed by atoms with Crippen molar-refractivity contribution in [3.63, 3.8) is 0 Å². The van der Waals surface area contributed by atoms with Crippen molar-refractivity contribution in [1.29, 1.82) is 5.26 Å². The first-order valence-electron chi connectivity index (χ1n) is 7.49. The highest BCUT2D eigenvalue weighted by molar-refractivity contribution is 5.64. The lowest BCUT2D eigenvalue weighted by atomic mass is 10.1. The van der Waals surface area contributed by atoms with E-state index in [2.05, 4.69) is 31.5 Å². The molecule has 118 valence electrons. The van der Waals surface area contributed by atoms with Gasteiger partial charge >= 0.3 is 0 Å². The second-order valence-electron chi connectivity index (χ2n) is 5.38. The molecule has 0 aromatic carbocycles. The van der Waals surface area contributed by atoms with Crippen LogP contribution in [-0.4, -0.2) is 41.5 Å². The van der Waals surface area contributed by atoms with Crippen LogP contribution >= 0.6 is 0 Å². The maximum Gasteiger partial charge on any atom is 0.171 e. The van der Waals surface area contributed by atoms with Gasteiger partial charge in [-0.25, -0.2) is 4.98 Å². The minimum Gasteiger partial charge on any atom is -0.378 e. The molecule has 7 nitrogen and oxygen atoms in total. The molecule has 0 atom stereocenters. The summed E-state index contributed by atoms with van der Waals surface area (Å²) in [7, 11) is 0. The number of hydrogen-bond acceptors (Lipinski definition) is 7. The lowest BCUT2D eigenvalue weighted by Crippen LogP contribution is -2.36. The normalized spacial score (nSPS) is 14.4. The fraction of sp³-hybridized carbons (Fsp3) is 0.375. The number of nitriles is 1. The van der Waals surface area contributed by atoms with E-state index in [0.717, 1.165) is 49.1 Å². The van der Waals surface area contributed by atoms with E-state index >= 15 is 0 Å². The monoisotopic (exact) mass is 310 g/mol. The molecule has 3 rings (SSSR count). The van der Waals surface area contributed by atoms with Crippen LogP contribution < -0.4 is 10.2 Å². The highest BCUT2D eigenvalue weighted by Crippen LogP contribution is 2.22. The van der Waals surface area contributed by atoms with E-state index in [1.54, 1.807) is 6.20 Å². The largest absolute Gasteiger partial charge is 0.378 e. The van der Waals surface area contributed by atoms with Crippen LogP contribution in [-0.2, 0) is 4.74 Å². The van der Waals surface area contributed by atoms with Gasteiger partial charge < -0.3 is 15.0 Å². The SMILES string of the molecule is Cc1nnc(Nc2ccc(N3CCOCC3)nc2)c(C#N)c1C. The minimum absolute atomic E-state index is 0.455. The van der Waals surface area contributed by atoms with Crippen LogP contribution in [0.3, 0.4) is 0 Å². The van der Waals surface area contributed by atoms with Crippen LogP contribution in [0.15, 0.2) is 18.3 Å². The first-order chi connectivity index (χ1) is 11.2. The van der Waals surface area contributed by atoms with Gasteiger partial charge in [0, 0.05) is 13.1 Å². The smallest absolute Gasteiger partial charge is 0.171 e.